The summed E-state index contributed by atoms with van der Waals surface area (Å²) in [5.74, 6) is -1.90. The second-order valence-electron chi connectivity index (χ2n) is 10.7. The fourth-order valence-electron chi connectivity index (χ4n) is 5.17. The number of piperidine rings is 1. The molecule has 2 aliphatic rings. The Morgan fingerprint density at radius 2 is 1.76 bits per heavy atom. The molecule has 2 amide bonds. The smallest absolute Gasteiger partial charge is 0.331 e. The first-order valence-corrected chi connectivity index (χ1v) is 13.2. The highest BCUT2D eigenvalue weighted by atomic mass is 16.5. The van der Waals surface area contributed by atoms with Crippen LogP contribution >= 0.6 is 0 Å². The van der Waals surface area contributed by atoms with Crippen molar-refractivity contribution in [2.75, 3.05) is 7.11 Å². The van der Waals surface area contributed by atoms with Crippen molar-refractivity contribution in [2.45, 2.75) is 91.5 Å². The number of Topliss-reactive ketones (excluding diaryl/α,β-unsaturated/α-hetero) is 1. The van der Waals surface area contributed by atoms with E-state index in [2.05, 4.69) is 5.32 Å². The van der Waals surface area contributed by atoms with Crippen LogP contribution in [-0.2, 0) is 28.7 Å². The Labute approximate surface area is 220 Å². The first-order chi connectivity index (χ1) is 17.4. The van der Waals surface area contributed by atoms with Gasteiger partial charge in [0.2, 0.25) is 11.8 Å². The van der Waals surface area contributed by atoms with Gasteiger partial charge in [0, 0.05) is 44.3 Å². The van der Waals surface area contributed by atoms with Gasteiger partial charge >= 0.3 is 5.97 Å². The van der Waals surface area contributed by atoms with Gasteiger partial charge in [-0.1, -0.05) is 44.6 Å². The molecule has 0 aromatic carbocycles. The predicted molar refractivity (Wildman–Crippen MR) is 140 cm³/mol. The number of ether oxygens (including phenoxy) is 2. The molecule has 206 valence electrons. The van der Waals surface area contributed by atoms with Gasteiger partial charge in [0.15, 0.2) is 0 Å². The first kappa shape index (κ1) is 30.6. The quantitative estimate of drug-likeness (QED) is 0.285. The van der Waals surface area contributed by atoms with Crippen molar-refractivity contribution in [2.24, 2.45) is 23.7 Å². The average Bonchev–Trinajstić information content (AvgIpc) is 2.83. The molecule has 37 heavy (non-hydrogen) atoms. The van der Waals surface area contributed by atoms with E-state index in [1.54, 1.807) is 6.08 Å². The maximum Gasteiger partial charge on any atom is 0.331 e. The third-order valence-corrected chi connectivity index (χ3v) is 7.64. The summed E-state index contributed by atoms with van der Waals surface area (Å²) < 4.78 is 11.3. The number of carbonyl (C=O) groups excluding carboxylic acids is 4. The van der Waals surface area contributed by atoms with E-state index in [-0.39, 0.29) is 29.4 Å². The van der Waals surface area contributed by atoms with Crippen LogP contribution in [0, 0.1) is 23.7 Å². The molecule has 1 saturated heterocycles. The monoisotopic (exact) mass is 517 g/mol. The molecule has 6 unspecified atom stereocenters. The van der Waals surface area contributed by atoms with Crippen molar-refractivity contribution >= 4 is 23.6 Å². The molecule has 0 saturated carbocycles. The fourth-order valence-corrected chi connectivity index (χ4v) is 5.17. The van der Waals surface area contributed by atoms with E-state index >= 15 is 0 Å². The highest BCUT2D eigenvalue weighted by molar-refractivity contribution is 5.97. The maximum absolute atomic E-state index is 13.2. The number of esters is 1. The Morgan fingerprint density at radius 1 is 1.14 bits per heavy atom. The summed E-state index contributed by atoms with van der Waals surface area (Å²) >= 11 is 0. The molecule has 0 radical (unpaired) electrons. The summed E-state index contributed by atoms with van der Waals surface area (Å²) in [6.07, 6.45) is 7.65. The van der Waals surface area contributed by atoms with Crippen molar-refractivity contribution < 1.29 is 33.8 Å². The normalized spacial score (nSPS) is 30.1. The fraction of sp³-hybridized carbons (Fsp3) is 0.655. The molecule has 0 aromatic rings. The van der Waals surface area contributed by atoms with Gasteiger partial charge in [-0.3, -0.25) is 19.7 Å². The van der Waals surface area contributed by atoms with E-state index in [0.717, 1.165) is 11.1 Å². The van der Waals surface area contributed by atoms with Crippen molar-refractivity contribution in [3.05, 3.63) is 35.5 Å². The van der Waals surface area contributed by atoms with Gasteiger partial charge in [-0.15, -0.1) is 0 Å². The number of imide groups is 1. The summed E-state index contributed by atoms with van der Waals surface area (Å²) in [5, 5.41) is 13.4. The molecule has 2 N–H and O–H groups in total. The number of nitrogens with one attached hydrogen (secondary N) is 1. The van der Waals surface area contributed by atoms with Crippen LogP contribution in [0.25, 0.3) is 0 Å². The van der Waals surface area contributed by atoms with Crippen molar-refractivity contribution in [3.63, 3.8) is 0 Å². The number of methoxy groups -OCH3 is 1. The van der Waals surface area contributed by atoms with Crippen LogP contribution in [0.5, 0.6) is 0 Å². The molecule has 2 heterocycles. The number of cyclic esters (lactones) is 1. The van der Waals surface area contributed by atoms with Crippen LogP contribution < -0.4 is 5.32 Å². The zero-order chi connectivity index (χ0) is 27.7. The molecule has 8 heteroatoms. The summed E-state index contributed by atoms with van der Waals surface area (Å²) in [7, 11) is 1.53. The minimum Gasteiger partial charge on any atom is -0.454 e. The van der Waals surface area contributed by atoms with Gasteiger partial charge in [-0.05, 0) is 50.5 Å². The number of aliphatic hydroxyl groups excluding tert-OH is 1. The number of hydrogen-bond acceptors (Lipinski definition) is 7. The number of ketones is 1. The topological polar surface area (TPSA) is 119 Å². The Kier molecular flexibility index (Phi) is 11.9. The van der Waals surface area contributed by atoms with Gasteiger partial charge in [-0.25, -0.2) is 4.79 Å². The van der Waals surface area contributed by atoms with Gasteiger partial charge in [0.1, 0.15) is 18.0 Å². The number of hydrogen-bond donors (Lipinski definition) is 2. The van der Waals surface area contributed by atoms with Crippen LogP contribution in [0.2, 0.25) is 0 Å². The van der Waals surface area contributed by atoms with Gasteiger partial charge in [-0.2, -0.15) is 0 Å². The number of carbonyl (C=O) groups is 4. The zero-order valence-electron chi connectivity index (χ0n) is 23.0. The summed E-state index contributed by atoms with van der Waals surface area (Å²) in [4.78, 5) is 49.1. The predicted octanol–water partition coefficient (Wildman–Crippen LogP) is 3.83. The molecule has 0 aliphatic carbocycles. The third-order valence-electron chi connectivity index (χ3n) is 7.64. The Bertz CT molecular complexity index is 919. The maximum atomic E-state index is 13.2. The molecule has 6 atom stereocenters. The SMILES string of the molecule is COC1/C=C/CC/C=C/C(=O)OC(/C(C)=C(\C)C(C)C(=O)CC(C)CC2CC(=O)NC(=O)C2)C(C)C1O. The molecule has 8 nitrogen and oxygen atoms in total. The Hall–Kier alpha value is -2.58. The lowest BCUT2D eigenvalue weighted by atomic mass is 9.81. The number of allylic oxidation sites excluding steroid dienone is 3. The molecule has 0 bridgehead atoms. The van der Waals surface area contributed by atoms with E-state index in [0.29, 0.717) is 38.5 Å². The van der Waals surface area contributed by atoms with Crippen molar-refractivity contribution in [3.8, 4) is 0 Å². The van der Waals surface area contributed by atoms with Crippen LogP contribution in [0.15, 0.2) is 35.5 Å². The van der Waals surface area contributed by atoms with Crippen LogP contribution in [0.4, 0.5) is 0 Å². The highest BCUT2D eigenvalue weighted by Crippen LogP contribution is 2.30. The van der Waals surface area contributed by atoms with E-state index in [9.17, 15) is 24.3 Å². The number of amides is 2. The van der Waals surface area contributed by atoms with Gasteiger partial charge < -0.3 is 14.6 Å². The van der Waals surface area contributed by atoms with E-state index in [1.807, 2.05) is 46.8 Å². The Morgan fingerprint density at radius 3 is 2.38 bits per heavy atom. The van der Waals surface area contributed by atoms with Crippen LogP contribution in [-0.4, -0.2) is 54.1 Å². The van der Waals surface area contributed by atoms with E-state index in [4.69, 9.17) is 9.47 Å². The second-order valence-corrected chi connectivity index (χ2v) is 10.7. The van der Waals surface area contributed by atoms with E-state index < -0.39 is 36.1 Å². The lowest BCUT2D eigenvalue weighted by molar-refractivity contribution is -0.147. The third kappa shape index (κ3) is 9.04. The molecule has 1 fully saturated rings. The summed E-state index contributed by atoms with van der Waals surface area (Å²) in [6, 6.07) is 0. The summed E-state index contributed by atoms with van der Waals surface area (Å²) in [5.41, 5.74) is 1.52. The first-order valence-electron chi connectivity index (χ1n) is 13.2. The molecule has 0 aromatic heterocycles. The highest BCUT2D eigenvalue weighted by Gasteiger charge is 2.35. The molecular weight excluding hydrogens is 474 g/mol. The van der Waals surface area contributed by atoms with Crippen LogP contribution in [0.1, 0.15) is 73.1 Å². The molecule has 2 rings (SSSR count). The lowest BCUT2D eigenvalue weighted by Gasteiger charge is -2.33. The van der Waals surface area contributed by atoms with Crippen LogP contribution in [0.3, 0.4) is 0 Å². The lowest BCUT2D eigenvalue weighted by Crippen LogP contribution is -2.41. The molecular formula is C29H43NO7. The second kappa shape index (κ2) is 14.4. The summed E-state index contributed by atoms with van der Waals surface area (Å²) in [6.45, 7) is 9.31. The minimum absolute atomic E-state index is 0.0195. The zero-order valence-corrected chi connectivity index (χ0v) is 23.0. The Balaban J connectivity index is 2.18. The van der Waals surface area contributed by atoms with Crippen molar-refractivity contribution in [1.82, 2.24) is 5.32 Å². The number of rotatable bonds is 8. The molecule has 2 aliphatic heterocycles. The largest absolute Gasteiger partial charge is 0.454 e. The molecule has 0 spiro atoms. The van der Waals surface area contributed by atoms with Crippen molar-refractivity contribution in [1.29, 1.82) is 0 Å². The average molecular weight is 518 g/mol. The van der Waals surface area contributed by atoms with E-state index in [1.165, 1.54) is 13.2 Å². The minimum atomic E-state index is -0.924. The standard InChI is InChI=1S/C29H43NO7/c1-17(13-22-15-25(32)30-26(33)16-22)14-23(31)19(3)18(2)20(4)29-21(5)28(35)24(36-6)11-9-7-8-10-12-27(34)37-29/h9-12,17,19,21-22,24,28-29,35H,7-8,13-16H2,1-6H3,(H,30,32,33)/b11-9+,12-10+,20-18+. The number of aliphatic hydroxyl groups is 1. The van der Waals surface area contributed by atoms with Gasteiger partial charge in [0.25, 0.3) is 0 Å². The van der Waals surface area contributed by atoms with Gasteiger partial charge in [0.05, 0.1) is 6.10 Å².